The number of hydrogen-bond donors (Lipinski definition) is 2. The lowest BCUT2D eigenvalue weighted by Crippen LogP contribution is -2.52. The number of nitrogens with one attached hydrogen (secondary N) is 1. The lowest BCUT2D eigenvalue weighted by molar-refractivity contribution is -0.115. The number of amides is 1. The van der Waals surface area contributed by atoms with Gasteiger partial charge in [0.15, 0.2) is 0 Å². The second-order valence-electron chi connectivity index (χ2n) is 9.52. The molecule has 0 aliphatic heterocycles. The van der Waals surface area contributed by atoms with Crippen LogP contribution in [0.25, 0.3) is 11.3 Å². The molecule has 3 fully saturated rings. The number of rotatable bonds is 7. The molecule has 3 aromatic rings. The zero-order valence-electron chi connectivity index (χ0n) is 18.3. The van der Waals surface area contributed by atoms with E-state index in [-0.39, 0.29) is 18.4 Å². The molecule has 1 amide bonds. The molecule has 0 radical (unpaired) electrons. The van der Waals surface area contributed by atoms with E-state index in [0.29, 0.717) is 28.4 Å². The molecule has 0 unspecified atom stereocenters. The van der Waals surface area contributed by atoms with Crippen molar-refractivity contribution in [1.82, 2.24) is 14.9 Å². The molecule has 8 nitrogen and oxygen atoms in total. The first kappa shape index (κ1) is 20.3. The Morgan fingerprint density at radius 3 is 2.66 bits per heavy atom. The number of nitrogens with zero attached hydrogens (tertiary/aromatic N) is 4. The number of aromatic nitrogens is 3. The summed E-state index contributed by atoms with van der Waals surface area (Å²) in [5, 5.41) is 20.9. The molecular formula is C24H26N6O2. The Morgan fingerprint density at radius 1 is 1.34 bits per heavy atom. The standard InChI is InChI=1S/C24H26N6O2/c1-14(2)30-23(26)19(13-25)22(28-30)17-5-3-15(4-6-17)7-20(31)27-21-8-18(29-32-21)12-24-9-16(10-24)11-24/h3-6,8,14,16H,7,9-12,26H2,1-2H3,(H,27,31). The normalized spacial score (nSPS) is 21.0. The first-order valence-corrected chi connectivity index (χ1v) is 11.0. The van der Waals surface area contributed by atoms with Gasteiger partial charge in [0.1, 0.15) is 23.1 Å². The summed E-state index contributed by atoms with van der Waals surface area (Å²) in [7, 11) is 0. The van der Waals surface area contributed by atoms with Gasteiger partial charge in [0.2, 0.25) is 11.8 Å². The third kappa shape index (κ3) is 3.54. The maximum atomic E-state index is 12.5. The highest BCUT2D eigenvalue weighted by atomic mass is 16.5. The molecule has 6 rings (SSSR count). The molecule has 0 atom stereocenters. The van der Waals surface area contributed by atoms with E-state index in [9.17, 15) is 10.1 Å². The van der Waals surface area contributed by atoms with Crippen LogP contribution in [0.1, 0.15) is 56.0 Å². The number of carbonyl (C=O) groups excluding carboxylic acids is 1. The van der Waals surface area contributed by atoms with Crippen LogP contribution in [0, 0.1) is 22.7 Å². The van der Waals surface area contributed by atoms with Gasteiger partial charge in [-0.25, -0.2) is 4.68 Å². The fraction of sp³-hybridized carbons (Fsp3) is 0.417. The van der Waals surface area contributed by atoms with Gasteiger partial charge in [0, 0.05) is 17.7 Å². The average molecular weight is 431 g/mol. The number of hydrogen-bond acceptors (Lipinski definition) is 6. The van der Waals surface area contributed by atoms with Crippen molar-refractivity contribution in [3.8, 4) is 17.3 Å². The number of nitrogens with two attached hydrogens (primary N) is 1. The molecule has 3 N–H and O–H groups in total. The fourth-order valence-corrected chi connectivity index (χ4v) is 5.01. The van der Waals surface area contributed by atoms with Crippen molar-refractivity contribution in [3.63, 3.8) is 0 Å². The molecule has 32 heavy (non-hydrogen) atoms. The monoisotopic (exact) mass is 430 g/mol. The van der Waals surface area contributed by atoms with Gasteiger partial charge in [-0.15, -0.1) is 0 Å². The predicted octanol–water partition coefficient (Wildman–Crippen LogP) is 4.10. The molecule has 3 saturated carbocycles. The van der Waals surface area contributed by atoms with Crippen molar-refractivity contribution >= 4 is 17.6 Å². The Morgan fingerprint density at radius 2 is 2.06 bits per heavy atom. The van der Waals surface area contributed by atoms with E-state index >= 15 is 0 Å². The summed E-state index contributed by atoms with van der Waals surface area (Å²) in [6.45, 7) is 3.92. The molecule has 2 bridgehead atoms. The lowest BCUT2D eigenvalue weighted by Gasteiger charge is -2.62. The molecule has 0 saturated heterocycles. The zero-order valence-corrected chi connectivity index (χ0v) is 18.3. The Balaban J connectivity index is 1.22. The summed E-state index contributed by atoms with van der Waals surface area (Å²) >= 11 is 0. The zero-order chi connectivity index (χ0) is 22.5. The van der Waals surface area contributed by atoms with Crippen LogP contribution in [-0.4, -0.2) is 20.8 Å². The quantitative estimate of drug-likeness (QED) is 0.582. The van der Waals surface area contributed by atoms with Crippen LogP contribution in [0.4, 0.5) is 11.7 Å². The number of anilines is 2. The van der Waals surface area contributed by atoms with Crippen molar-refractivity contribution in [2.24, 2.45) is 11.3 Å². The summed E-state index contributed by atoms with van der Waals surface area (Å²) in [5.41, 5.74) is 9.98. The van der Waals surface area contributed by atoms with Crippen LogP contribution < -0.4 is 11.1 Å². The first-order valence-electron chi connectivity index (χ1n) is 11.0. The van der Waals surface area contributed by atoms with Gasteiger partial charge in [-0.1, -0.05) is 29.4 Å². The van der Waals surface area contributed by atoms with Crippen molar-refractivity contribution < 1.29 is 9.32 Å². The van der Waals surface area contributed by atoms with Gasteiger partial charge in [-0.3, -0.25) is 10.1 Å². The third-order valence-electron chi connectivity index (χ3n) is 6.68. The van der Waals surface area contributed by atoms with Crippen molar-refractivity contribution in [2.75, 3.05) is 11.1 Å². The molecule has 3 aliphatic rings. The van der Waals surface area contributed by atoms with E-state index in [2.05, 4.69) is 21.6 Å². The highest BCUT2D eigenvalue weighted by molar-refractivity contribution is 5.91. The van der Waals surface area contributed by atoms with Crippen LogP contribution in [0.15, 0.2) is 34.9 Å². The SMILES string of the molecule is CC(C)n1nc(-c2ccc(CC(=O)Nc3cc(CC45CC(C4)C5)no3)cc2)c(C#N)c1N. The third-order valence-corrected chi connectivity index (χ3v) is 6.68. The number of nitriles is 1. The van der Waals surface area contributed by atoms with E-state index in [1.54, 1.807) is 4.68 Å². The minimum absolute atomic E-state index is 0.0504. The van der Waals surface area contributed by atoms with Crippen molar-refractivity contribution in [3.05, 3.63) is 47.2 Å². The van der Waals surface area contributed by atoms with Gasteiger partial charge in [-0.05, 0) is 56.4 Å². The van der Waals surface area contributed by atoms with Crippen molar-refractivity contribution in [2.45, 2.75) is 52.0 Å². The number of carbonyl (C=O) groups is 1. The van der Waals surface area contributed by atoms with Crippen LogP contribution in [-0.2, 0) is 17.6 Å². The topological polar surface area (TPSA) is 123 Å². The number of nitrogen functional groups attached to an aromatic ring is 1. The molecule has 164 valence electrons. The Kier molecular flexibility index (Phi) is 4.77. The highest BCUT2D eigenvalue weighted by Crippen LogP contribution is 2.65. The molecule has 3 aliphatic carbocycles. The second kappa shape index (κ2) is 7.52. The minimum atomic E-state index is -0.169. The van der Waals surface area contributed by atoms with Crippen LogP contribution >= 0.6 is 0 Å². The largest absolute Gasteiger partial charge is 0.383 e. The smallest absolute Gasteiger partial charge is 0.231 e. The maximum absolute atomic E-state index is 12.5. The molecule has 1 aromatic carbocycles. The van der Waals surface area contributed by atoms with Gasteiger partial charge in [0.25, 0.3) is 0 Å². The highest BCUT2D eigenvalue weighted by Gasteiger charge is 2.56. The number of benzene rings is 1. The van der Waals surface area contributed by atoms with Gasteiger partial charge in [0.05, 0.1) is 12.1 Å². The maximum Gasteiger partial charge on any atom is 0.231 e. The van der Waals surface area contributed by atoms with E-state index in [1.807, 2.05) is 44.2 Å². The summed E-state index contributed by atoms with van der Waals surface area (Å²) < 4.78 is 6.95. The van der Waals surface area contributed by atoms with Crippen LogP contribution in [0.2, 0.25) is 0 Å². The van der Waals surface area contributed by atoms with E-state index in [0.717, 1.165) is 29.2 Å². The van der Waals surface area contributed by atoms with E-state index in [1.165, 1.54) is 19.3 Å². The summed E-state index contributed by atoms with van der Waals surface area (Å²) in [4.78, 5) is 12.5. The van der Waals surface area contributed by atoms with Crippen LogP contribution in [0.3, 0.4) is 0 Å². The Hall–Kier alpha value is -3.60. The average Bonchev–Trinajstić information content (AvgIpc) is 3.28. The van der Waals surface area contributed by atoms with Gasteiger partial charge in [-0.2, -0.15) is 10.4 Å². The van der Waals surface area contributed by atoms with E-state index < -0.39 is 0 Å². The predicted molar refractivity (Wildman–Crippen MR) is 119 cm³/mol. The molecular weight excluding hydrogens is 404 g/mol. The fourth-order valence-electron chi connectivity index (χ4n) is 5.01. The van der Waals surface area contributed by atoms with Crippen molar-refractivity contribution in [1.29, 1.82) is 5.26 Å². The summed E-state index contributed by atoms with van der Waals surface area (Å²) in [5.74, 6) is 1.52. The Labute approximate surface area is 186 Å². The van der Waals surface area contributed by atoms with E-state index in [4.69, 9.17) is 10.3 Å². The second-order valence-corrected chi connectivity index (χ2v) is 9.52. The molecule has 0 spiro atoms. The molecule has 8 heteroatoms. The van der Waals surface area contributed by atoms with Gasteiger partial charge >= 0.3 is 0 Å². The summed E-state index contributed by atoms with van der Waals surface area (Å²) in [6.07, 6.45) is 5.05. The molecule has 2 aromatic heterocycles. The lowest BCUT2D eigenvalue weighted by atomic mass is 9.43. The minimum Gasteiger partial charge on any atom is -0.383 e. The van der Waals surface area contributed by atoms with Crippen LogP contribution in [0.5, 0.6) is 0 Å². The first-order chi connectivity index (χ1) is 15.4. The Bertz CT molecular complexity index is 1200. The molecule has 2 heterocycles. The summed E-state index contributed by atoms with van der Waals surface area (Å²) in [6, 6.07) is 11.5. The van der Waals surface area contributed by atoms with Gasteiger partial charge < -0.3 is 10.3 Å².